The van der Waals surface area contributed by atoms with Crippen LogP contribution in [0.5, 0.6) is 0 Å². The maximum atomic E-state index is 12.1. The summed E-state index contributed by atoms with van der Waals surface area (Å²) >= 11 is 3.20. The van der Waals surface area contributed by atoms with E-state index < -0.39 is 5.54 Å². The highest BCUT2D eigenvalue weighted by Crippen LogP contribution is 2.49. The molecule has 2 unspecified atom stereocenters. The van der Waals surface area contributed by atoms with Gasteiger partial charge in [-0.3, -0.25) is 4.79 Å². The number of rotatable bonds is 5. The van der Waals surface area contributed by atoms with E-state index in [9.17, 15) is 4.79 Å². The van der Waals surface area contributed by atoms with Crippen molar-refractivity contribution in [1.29, 1.82) is 0 Å². The van der Waals surface area contributed by atoms with E-state index in [2.05, 4.69) is 27.8 Å². The van der Waals surface area contributed by atoms with Crippen LogP contribution in [-0.4, -0.2) is 30.7 Å². The number of carbonyl (C=O) groups is 1. The topological polar surface area (TPSA) is 64.4 Å². The van der Waals surface area contributed by atoms with Gasteiger partial charge in [0.05, 0.1) is 6.10 Å². The maximum Gasteiger partial charge on any atom is 0.241 e. The van der Waals surface area contributed by atoms with Crippen molar-refractivity contribution >= 4 is 21.8 Å². The monoisotopic (exact) mass is 304 g/mol. The average Bonchev–Trinajstić information content (AvgIpc) is 2.25. The Labute approximate surface area is 111 Å². The number of halogens is 1. The summed E-state index contributed by atoms with van der Waals surface area (Å²) in [5, 5.41) is 2.78. The van der Waals surface area contributed by atoms with E-state index >= 15 is 0 Å². The third-order valence-corrected chi connectivity index (χ3v) is 3.96. The lowest BCUT2D eigenvalue weighted by Crippen LogP contribution is -2.75. The summed E-state index contributed by atoms with van der Waals surface area (Å²) in [4.78, 5) is 12.1. The Morgan fingerprint density at radius 1 is 1.65 bits per heavy atom. The lowest BCUT2D eigenvalue weighted by molar-refractivity contribution is -0.170. The predicted octanol–water partition coefficient (Wildman–Crippen LogP) is 1.54. The van der Waals surface area contributed by atoms with Gasteiger partial charge in [-0.05, 0) is 6.92 Å². The number of ether oxygens (including phenoxy) is 1. The number of hydrogen-bond acceptors (Lipinski definition) is 3. The smallest absolute Gasteiger partial charge is 0.241 e. The van der Waals surface area contributed by atoms with E-state index in [0.717, 1.165) is 4.48 Å². The Morgan fingerprint density at radius 2 is 2.24 bits per heavy atom. The molecular weight excluding hydrogens is 284 g/mol. The zero-order valence-electron chi connectivity index (χ0n) is 10.7. The summed E-state index contributed by atoms with van der Waals surface area (Å²) in [5.74, 6) is -0.140. The van der Waals surface area contributed by atoms with Crippen molar-refractivity contribution < 1.29 is 9.53 Å². The second-order valence-corrected chi connectivity index (χ2v) is 6.16. The predicted molar refractivity (Wildman–Crippen MR) is 71.8 cm³/mol. The molecule has 1 amide bonds. The minimum atomic E-state index is -0.852. The van der Waals surface area contributed by atoms with E-state index in [0.29, 0.717) is 19.6 Å². The second kappa shape index (κ2) is 5.08. The first-order chi connectivity index (χ1) is 7.75. The first-order valence-corrected chi connectivity index (χ1v) is 6.57. The van der Waals surface area contributed by atoms with Crippen molar-refractivity contribution in [2.24, 2.45) is 11.1 Å². The molecule has 0 spiro atoms. The first kappa shape index (κ1) is 14.7. The Bertz CT molecular complexity index is 330. The fraction of sp³-hybridized carbons (Fsp3) is 0.750. The van der Waals surface area contributed by atoms with E-state index in [-0.39, 0.29) is 17.4 Å². The molecule has 0 aromatic carbocycles. The van der Waals surface area contributed by atoms with Crippen LogP contribution in [0, 0.1) is 5.41 Å². The quantitative estimate of drug-likeness (QED) is 0.810. The van der Waals surface area contributed by atoms with Crippen molar-refractivity contribution in [3.05, 3.63) is 11.1 Å². The molecular formula is C12H21BrN2O2. The van der Waals surface area contributed by atoms with Crippen LogP contribution in [0.15, 0.2) is 11.1 Å². The highest BCUT2D eigenvalue weighted by Gasteiger charge is 2.62. The van der Waals surface area contributed by atoms with Crippen LogP contribution in [0.2, 0.25) is 0 Å². The fourth-order valence-corrected chi connectivity index (χ4v) is 2.29. The average molecular weight is 305 g/mol. The molecule has 98 valence electrons. The van der Waals surface area contributed by atoms with Gasteiger partial charge in [-0.2, -0.15) is 0 Å². The summed E-state index contributed by atoms with van der Waals surface area (Å²) in [6.45, 7) is 10.6. The lowest BCUT2D eigenvalue weighted by atomic mass is 9.54. The summed E-state index contributed by atoms with van der Waals surface area (Å²) in [5.41, 5.74) is 5.00. The van der Waals surface area contributed by atoms with E-state index in [1.807, 2.05) is 20.8 Å². The molecule has 1 saturated carbocycles. The summed E-state index contributed by atoms with van der Waals surface area (Å²) in [6, 6.07) is 0. The molecule has 3 N–H and O–H groups in total. The molecule has 1 fully saturated rings. The van der Waals surface area contributed by atoms with Gasteiger partial charge in [-0.15, -0.1) is 0 Å². The van der Waals surface area contributed by atoms with Gasteiger partial charge in [-0.1, -0.05) is 36.4 Å². The Hall–Kier alpha value is -0.390. The van der Waals surface area contributed by atoms with Crippen molar-refractivity contribution in [3.63, 3.8) is 0 Å². The molecule has 1 aliphatic carbocycles. The van der Waals surface area contributed by atoms with Crippen LogP contribution in [0.25, 0.3) is 0 Å². The molecule has 0 heterocycles. The minimum absolute atomic E-state index is 0.0513. The van der Waals surface area contributed by atoms with E-state index in [1.54, 1.807) is 0 Å². The van der Waals surface area contributed by atoms with Gasteiger partial charge < -0.3 is 15.8 Å². The SMILES string of the molecule is C=C(Br)CNC(=O)C1(N)CC(OCC)C1(C)C. The number of nitrogens with two attached hydrogens (primary N) is 1. The molecule has 0 aromatic heterocycles. The zero-order valence-corrected chi connectivity index (χ0v) is 12.3. The van der Waals surface area contributed by atoms with Gasteiger partial charge in [0.1, 0.15) is 5.54 Å². The van der Waals surface area contributed by atoms with Crippen molar-refractivity contribution in [2.45, 2.75) is 38.8 Å². The van der Waals surface area contributed by atoms with Gasteiger partial charge in [0, 0.05) is 29.5 Å². The van der Waals surface area contributed by atoms with Gasteiger partial charge >= 0.3 is 0 Å². The van der Waals surface area contributed by atoms with Crippen LogP contribution in [0.3, 0.4) is 0 Å². The first-order valence-electron chi connectivity index (χ1n) is 5.77. The van der Waals surface area contributed by atoms with Gasteiger partial charge in [0.2, 0.25) is 5.91 Å². The lowest BCUT2D eigenvalue weighted by Gasteiger charge is -2.57. The van der Waals surface area contributed by atoms with Crippen LogP contribution in [-0.2, 0) is 9.53 Å². The highest BCUT2D eigenvalue weighted by atomic mass is 79.9. The third-order valence-electron chi connectivity index (χ3n) is 3.68. The number of hydrogen-bond donors (Lipinski definition) is 2. The van der Waals surface area contributed by atoms with Crippen LogP contribution >= 0.6 is 15.9 Å². The van der Waals surface area contributed by atoms with Gasteiger partial charge in [0.15, 0.2) is 0 Å². The largest absolute Gasteiger partial charge is 0.378 e. The summed E-state index contributed by atoms with van der Waals surface area (Å²) < 4.78 is 6.31. The molecule has 0 aromatic rings. The summed E-state index contributed by atoms with van der Waals surface area (Å²) in [6.07, 6.45) is 0.615. The highest BCUT2D eigenvalue weighted by molar-refractivity contribution is 9.11. The number of nitrogens with one attached hydrogen (secondary N) is 1. The number of carbonyl (C=O) groups excluding carboxylic acids is 1. The molecule has 2 atom stereocenters. The third kappa shape index (κ3) is 2.56. The normalized spacial score (nSPS) is 30.5. The Balaban J connectivity index is 2.65. The molecule has 1 rings (SSSR count). The Morgan fingerprint density at radius 3 is 2.65 bits per heavy atom. The molecule has 0 bridgehead atoms. The van der Waals surface area contributed by atoms with Gasteiger partial charge in [-0.25, -0.2) is 0 Å². The molecule has 0 aliphatic heterocycles. The number of amides is 1. The molecule has 4 nitrogen and oxygen atoms in total. The zero-order chi connectivity index (χ0) is 13.3. The Kier molecular flexibility index (Phi) is 4.38. The van der Waals surface area contributed by atoms with Gasteiger partial charge in [0.25, 0.3) is 0 Å². The molecule has 5 heteroatoms. The molecule has 17 heavy (non-hydrogen) atoms. The van der Waals surface area contributed by atoms with E-state index in [1.165, 1.54) is 0 Å². The van der Waals surface area contributed by atoms with E-state index in [4.69, 9.17) is 10.5 Å². The van der Waals surface area contributed by atoms with Crippen molar-refractivity contribution in [3.8, 4) is 0 Å². The second-order valence-electron chi connectivity index (χ2n) is 5.04. The minimum Gasteiger partial charge on any atom is -0.378 e. The maximum absolute atomic E-state index is 12.1. The van der Waals surface area contributed by atoms with Crippen LogP contribution in [0.1, 0.15) is 27.2 Å². The van der Waals surface area contributed by atoms with Crippen LogP contribution < -0.4 is 11.1 Å². The molecule has 1 aliphatic rings. The van der Waals surface area contributed by atoms with Crippen molar-refractivity contribution in [1.82, 2.24) is 5.32 Å². The standard InChI is InChI=1S/C12H21BrN2O2/c1-5-17-9-6-12(14,11(9,3)4)10(16)15-7-8(2)13/h9H,2,5-7,14H2,1,3-4H3,(H,15,16). The molecule has 0 radical (unpaired) electrons. The molecule has 0 saturated heterocycles. The van der Waals surface area contributed by atoms with Crippen LogP contribution in [0.4, 0.5) is 0 Å². The van der Waals surface area contributed by atoms with Crippen molar-refractivity contribution in [2.75, 3.05) is 13.2 Å². The fourth-order valence-electron chi connectivity index (χ4n) is 2.15. The summed E-state index contributed by atoms with van der Waals surface area (Å²) in [7, 11) is 0.